The van der Waals surface area contributed by atoms with Crippen LogP contribution in [-0.2, 0) is 28.6 Å². The molecule has 0 spiro atoms. The molecule has 6 aliphatic rings. The van der Waals surface area contributed by atoms with E-state index >= 15 is 0 Å². The van der Waals surface area contributed by atoms with Gasteiger partial charge in [0.05, 0.1) is 5.60 Å². The molecule has 10 nitrogen and oxygen atoms in total. The van der Waals surface area contributed by atoms with Gasteiger partial charge in [-0.3, -0.25) is 14.5 Å². The van der Waals surface area contributed by atoms with Gasteiger partial charge in [-0.05, 0) is 73.7 Å². The predicted octanol–water partition coefficient (Wildman–Crippen LogP) is 2.72. The van der Waals surface area contributed by atoms with Crippen LogP contribution in [0.5, 0.6) is 0 Å². The van der Waals surface area contributed by atoms with Gasteiger partial charge >= 0.3 is 18.0 Å². The first-order valence-corrected chi connectivity index (χ1v) is 14.9. The summed E-state index contributed by atoms with van der Waals surface area (Å²) in [6, 6.07) is 0. The number of nitrogens with zero attached hydrogens (tertiary/aromatic N) is 1. The van der Waals surface area contributed by atoms with Crippen molar-refractivity contribution in [3.05, 3.63) is 11.6 Å². The Balaban J connectivity index is 1.20. The molecule has 0 radical (unpaired) electrons. The molecule has 0 bridgehead atoms. The van der Waals surface area contributed by atoms with Crippen LogP contribution in [-0.4, -0.2) is 78.0 Å². The Morgan fingerprint density at radius 1 is 1.10 bits per heavy atom. The molecular formula is C30H42N2O8. The summed E-state index contributed by atoms with van der Waals surface area (Å²) in [6.45, 7) is 7.01. The van der Waals surface area contributed by atoms with E-state index < -0.39 is 23.2 Å². The largest absolute Gasteiger partial charge is 0.462 e. The van der Waals surface area contributed by atoms with Crippen molar-refractivity contribution in [3.63, 3.8) is 0 Å². The van der Waals surface area contributed by atoms with E-state index in [1.54, 1.807) is 0 Å². The molecule has 4 saturated carbocycles. The Labute approximate surface area is 235 Å². The van der Waals surface area contributed by atoms with E-state index in [1.165, 1.54) is 17.9 Å². The van der Waals surface area contributed by atoms with Crippen LogP contribution in [0.25, 0.3) is 0 Å². The van der Waals surface area contributed by atoms with Gasteiger partial charge in [0.1, 0.15) is 25.4 Å². The second kappa shape index (κ2) is 9.74. The van der Waals surface area contributed by atoms with Crippen molar-refractivity contribution in [2.75, 3.05) is 26.2 Å². The predicted molar refractivity (Wildman–Crippen MR) is 142 cm³/mol. The highest BCUT2D eigenvalue weighted by atomic mass is 16.6. The SMILES string of the molecule is CC(=O)OC1CC2(O)C3CCC4CC(OC(=O)N5CCNC(=O)C5)CCC4(C)C3CCC2(C)C1C1=CC(=O)OC1. The molecule has 5 fully saturated rings. The van der Waals surface area contributed by atoms with E-state index in [2.05, 4.69) is 19.2 Å². The number of hydrogen-bond donors (Lipinski definition) is 2. The van der Waals surface area contributed by atoms with Crippen molar-refractivity contribution in [1.29, 1.82) is 0 Å². The van der Waals surface area contributed by atoms with Gasteiger partial charge in [0.25, 0.3) is 0 Å². The van der Waals surface area contributed by atoms with Crippen molar-refractivity contribution >= 4 is 23.9 Å². The average molecular weight is 559 g/mol. The van der Waals surface area contributed by atoms with Crippen LogP contribution in [0.1, 0.15) is 72.1 Å². The van der Waals surface area contributed by atoms with E-state index in [1.807, 2.05) is 0 Å². The number of ether oxygens (including phenoxy) is 3. The molecule has 6 rings (SSSR count). The van der Waals surface area contributed by atoms with Crippen molar-refractivity contribution in [2.24, 2.45) is 34.5 Å². The molecule has 1 saturated heterocycles. The van der Waals surface area contributed by atoms with Crippen molar-refractivity contribution in [1.82, 2.24) is 10.2 Å². The third-order valence-electron chi connectivity index (χ3n) is 11.8. The highest BCUT2D eigenvalue weighted by molar-refractivity contribution is 5.85. The van der Waals surface area contributed by atoms with Gasteiger partial charge in [-0.2, -0.15) is 0 Å². The van der Waals surface area contributed by atoms with Crippen LogP contribution in [0.4, 0.5) is 4.79 Å². The topological polar surface area (TPSA) is 131 Å². The lowest BCUT2D eigenvalue weighted by atomic mass is 9.43. The van der Waals surface area contributed by atoms with Gasteiger partial charge in [0.15, 0.2) is 0 Å². The number of esters is 2. The maximum atomic E-state index is 12.8. The Hall–Kier alpha value is -2.62. The molecule has 2 N–H and O–H groups in total. The maximum absolute atomic E-state index is 12.8. The fraction of sp³-hybridized carbons (Fsp3) is 0.800. The zero-order valence-electron chi connectivity index (χ0n) is 23.8. The molecule has 0 aromatic carbocycles. The summed E-state index contributed by atoms with van der Waals surface area (Å²) in [5, 5.41) is 15.4. The fourth-order valence-electron chi connectivity index (χ4n) is 9.86. The summed E-state index contributed by atoms with van der Waals surface area (Å²) in [4.78, 5) is 50.1. The van der Waals surface area contributed by atoms with Crippen LogP contribution in [0.2, 0.25) is 0 Å². The van der Waals surface area contributed by atoms with Crippen LogP contribution in [0.15, 0.2) is 11.6 Å². The lowest BCUT2D eigenvalue weighted by Crippen LogP contribution is -2.62. The van der Waals surface area contributed by atoms with Gasteiger partial charge in [-0.15, -0.1) is 0 Å². The van der Waals surface area contributed by atoms with Crippen molar-refractivity contribution < 1.29 is 38.5 Å². The van der Waals surface area contributed by atoms with Gasteiger partial charge < -0.3 is 24.6 Å². The Morgan fingerprint density at radius 2 is 1.90 bits per heavy atom. The molecule has 2 heterocycles. The zero-order valence-corrected chi connectivity index (χ0v) is 23.8. The van der Waals surface area contributed by atoms with Crippen molar-refractivity contribution in [3.8, 4) is 0 Å². The Morgan fingerprint density at radius 3 is 2.60 bits per heavy atom. The summed E-state index contributed by atoms with van der Waals surface area (Å²) in [5.74, 6) is -0.433. The molecule has 40 heavy (non-hydrogen) atoms. The number of hydrogen-bond acceptors (Lipinski definition) is 8. The number of fused-ring (bicyclic) bond motifs is 5. The van der Waals surface area contributed by atoms with Crippen LogP contribution in [0, 0.1) is 34.5 Å². The van der Waals surface area contributed by atoms with E-state index in [4.69, 9.17) is 14.2 Å². The quantitative estimate of drug-likeness (QED) is 0.399. The second-order valence-electron chi connectivity index (χ2n) is 13.6. The first kappa shape index (κ1) is 27.5. The lowest BCUT2D eigenvalue weighted by Gasteiger charge is -2.63. The van der Waals surface area contributed by atoms with Gasteiger partial charge in [0, 0.05) is 43.8 Å². The number of carbonyl (C=O) groups is 4. The summed E-state index contributed by atoms with van der Waals surface area (Å²) in [7, 11) is 0. The third-order valence-corrected chi connectivity index (χ3v) is 11.8. The number of cyclic esters (lactones) is 1. The summed E-state index contributed by atoms with van der Waals surface area (Å²) < 4.78 is 17.0. The van der Waals surface area contributed by atoms with Crippen molar-refractivity contribution in [2.45, 2.75) is 89.9 Å². The number of carbonyl (C=O) groups excluding carboxylic acids is 4. The number of nitrogens with one attached hydrogen (secondary N) is 1. The normalized spacial score (nSPS) is 44.4. The number of aliphatic hydroxyl groups is 1. The molecule has 0 aromatic heterocycles. The standard InChI is InChI=1S/C30H42N2O8/c1-17(33)39-23-14-30(37)22-5-4-19-13-20(40-27(36)32-11-10-31-24(34)15-32)6-8-28(19,2)21(22)7-9-29(30,3)26(23)18-12-25(35)38-16-18/h12,19-23,26,37H,4-11,13-16H2,1-3H3,(H,31,34). The fourth-order valence-corrected chi connectivity index (χ4v) is 9.86. The van der Waals surface area contributed by atoms with E-state index in [0.717, 1.165) is 50.5 Å². The van der Waals surface area contributed by atoms with Gasteiger partial charge in [-0.1, -0.05) is 13.8 Å². The summed E-state index contributed by atoms with van der Waals surface area (Å²) in [6.07, 6.45) is 6.82. The minimum atomic E-state index is -1.03. The molecule has 10 heteroatoms. The Kier molecular flexibility index (Phi) is 6.71. The average Bonchev–Trinajstić information content (AvgIpc) is 3.40. The zero-order chi connectivity index (χ0) is 28.4. The first-order valence-electron chi connectivity index (χ1n) is 14.9. The van der Waals surface area contributed by atoms with Crippen LogP contribution >= 0.6 is 0 Å². The van der Waals surface area contributed by atoms with E-state index in [9.17, 15) is 24.3 Å². The molecule has 2 amide bonds. The maximum Gasteiger partial charge on any atom is 0.410 e. The second-order valence-corrected chi connectivity index (χ2v) is 13.6. The monoisotopic (exact) mass is 558 g/mol. The minimum Gasteiger partial charge on any atom is -0.462 e. The number of amides is 2. The van der Waals surface area contributed by atoms with E-state index in [-0.39, 0.29) is 54.4 Å². The Bertz CT molecular complexity index is 1140. The smallest absolute Gasteiger partial charge is 0.410 e. The highest BCUT2D eigenvalue weighted by Gasteiger charge is 2.71. The van der Waals surface area contributed by atoms with E-state index in [0.29, 0.717) is 31.3 Å². The first-order chi connectivity index (χ1) is 18.9. The molecule has 220 valence electrons. The van der Waals surface area contributed by atoms with Gasteiger partial charge in [0.2, 0.25) is 5.91 Å². The molecule has 2 aliphatic heterocycles. The summed E-state index contributed by atoms with van der Waals surface area (Å²) in [5.41, 5.74) is -0.736. The van der Waals surface area contributed by atoms with Crippen LogP contribution < -0.4 is 5.32 Å². The lowest BCUT2D eigenvalue weighted by molar-refractivity contribution is -0.208. The molecule has 9 unspecified atom stereocenters. The third kappa shape index (κ3) is 4.23. The minimum absolute atomic E-state index is 0.00855. The summed E-state index contributed by atoms with van der Waals surface area (Å²) >= 11 is 0. The van der Waals surface area contributed by atoms with Crippen LogP contribution in [0.3, 0.4) is 0 Å². The highest BCUT2D eigenvalue weighted by Crippen LogP contribution is 2.70. The molecule has 4 aliphatic carbocycles. The molecule has 9 atom stereocenters. The van der Waals surface area contributed by atoms with Gasteiger partial charge in [-0.25, -0.2) is 9.59 Å². The molecular weight excluding hydrogens is 516 g/mol. The number of rotatable bonds is 3. The molecule has 0 aromatic rings. The number of piperazine rings is 1.